The van der Waals surface area contributed by atoms with Gasteiger partial charge in [0.2, 0.25) is 0 Å². The number of thiophene rings is 1. The predicted molar refractivity (Wildman–Crippen MR) is 166 cm³/mol. The van der Waals surface area contributed by atoms with Crippen LogP contribution in [-0.4, -0.2) is 43.1 Å². The molecule has 0 bridgehead atoms. The van der Waals surface area contributed by atoms with Gasteiger partial charge in [0.1, 0.15) is 11.6 Å². The van der Waals surface area contributed by atoms with Gasteiger partial charge in [-0.3, -0.25) is 14.2 Å². The fourth-order valence-corrected chi connectivity index (χ4v) is 6.45. The van der Waals surface area contributed by atoms with Crippen LogP contribution < -0.4 is 5.32 Å². The summed E-state index contributed by atoms with van der Waals surface area (Å²) in [6.45, 7) is 1.94. The van der Waals surface area contributed by atoms with Crippen molar-refractivity contribution in [3.63, 3.8) is 0 Å². The molecule has 1 unspecified atom stereocenters. The van der Waals surface area contributed by atoms with Gasteiger partial charge in [-0.2, -0.15) is 5.10 Å². The summed E-state index contributed by atoms with van der Waals surface area (Å²) >= 11 is 2.74. The molecule has 8 nitrogen and oxygen atoms in total. The maximum Gasteiger partial charge on any atom is 0.254 e. The zero-order chi connectivity index (χ0) is 30.6. The summed E-state index contributed by atoms with van der Waals surface area (Å²) in [7, 11) is 0. The molecule has 0 fully saturated rings. The van der Waals surface area contributed by atoms with Gasteiger partial charge in [0.15, 0.2) is 11.0 Å². The van der Waals surface area contributed by atoms with Crippen LogP contribution in [0, 0.1) is 18.6 Å². The second-order valence-electron chi connectivity index (χ2n) is 10.1. The molecule has 0 saturated heterocycles. The highest BCUT2D eigenvalue weighted by Gasteiger charge is 2.33. The molecule has 44 heavy (non-hydrogen) atoms. The minimum atomic E-state index is -0.620. The van der Waals surface area contributed by atoms with Gasteiger partial charge >= 0.3 is 0 Å². The highest BCUT2D eigenvalue weighted by atomic mass is 32.2. The average Bonchev–Trinajstić information content (AvgIpc) is 3.79. The monoisotopic (exact) mass is 628 g/mol. The Morgan fingerprint density at radius 2 is 1.82 bits per heavy atom. The molecule has 2 amide bonds. The molecule has 0 saturated carbocycles. The number of hydrazone groups is 1. The molecule has 6 rings (SSSR count). The average molecular weight is 629 g/mol. The van der Waals surface area contributed by atoms with Crippen molar-refractivity contribution in [2.24, 2.45) is 5.10 Å². The lowest BCUT2D eigenvalue weighted by molar-refractivity contribution is -0.130. The summed E-state index contributed by atoms with van der Waals surface area (Å²) in [5.74, 6) is -1.37. The Bertz CT molecular complexity index is 1840. The number of hydrogen-bond donors (Lipinski definition) is 1. The van der Waals surface area contributed by atoms with Crippen molar-refractivity contribution in [1.82, 2.24) is 25.1 Å². The van der Waals surface area contributed by atoms with Gasteiger partial charge in [-0.1, -0.05) is 54.2 Å². The van der Waals surface area contributed by atoms with Crippen molar-refractivity contribution < 1.29 is 18.4 Å². The fourth-order valence-electron chi connectivity index (χ4n) is 4.90. The minimum Gasteiger partial charge on any atom is -0.345 e. The van der Waals surface area contributed by atoms with Crippen molar-refractivity contribution >= 4 is 40.6 Å². The summed E-state index contributed by atoms with van der Waals surface area (Å²) in [6.07, 6.45) is 0.508. The number of nitrogens with zero attached hydrogens (tertiary/aromatic N) is 5. The van der Waals surface area contributed by atoms with E-state index < -0.39 is 11.7 Å². The molecule has 5 aromatic rings. The van der Waals surface area contributed by atoms with Crippen LogP contribution in [0.5, 0.6) is 0 Å². The van der Waals surface area contributed by atoms with Crippen LogP contribution in [0.15, 0.2) is 101 Å². The Balaban J connectivity index is 1.24. The van der Waals surface area contributed by atoms with Crippen molar-refractivity contribution in [2.75, 3.05) is 5.75 Å². The van der Waals surface area contributed by atoms with E-state index in [-0.39, 0.29) is 35.6 Å². The van der Waals surface area contributed by atoms with Crippen LogP contribution >= 0.6 is 23.1 Å². The van der Waals surface area contributed by atoms with Gasteiger partial charge < -0.3 is 5.32 Å². The van der Waals surface area contributed by atoms with Gasteiger partial charge in [0, 0.05) is 12.1 Å². The highest BCUT2D eigenvalue weighted by Crippen LogP contribution is 2.35. The van der Waals surface area contributed by atoms with Crippen LogP contribution in [0.1, 0.15) is 44.6 Å². The molecule has 3 aromatic carbocycles. The quantitative estimate of drug-likeness (QED) is 0.193. The molecule has 222 valence electrons. The normalized spacial score (nSPS) is 14.5. The predicted octanol–water partition coefficient (Wildman–Crippen LogP) is 6.32. The third kappa shape index (κ3) is 6.31. The van der Waals surface area contributed by atoms with E-state index in [2.05, 4.69) is 20.6 Å². The standard InChI is InChI=1S/C32H26F2N6O2S2/c1-20-6-4-7-23(16-20)39-29(18-35-31(42)24-8-2-3-9-25(24)34)36-37-32(39)44-19-30(41)40-27(21-11-13-22(33)14-12-21)17-26(38-40)28-10-5-15-43-28/h2-16,27H,17-19H2,1H3,(H,35,42). The number of benzene rings is 3. The lowest BCUT2D eigenvalue weighted by atomic mass is 10.0. The molecular weight excluding hydrogens is 603 g/mol. The van der Waals surface area contributed by atoms with Crippen LogP contribution in [0.3, 0.4) is 0 Å². The number of aromatic nitrogens is 3. The van der Waals surface area contributed by atoms with E-state index in [1.807, 2.05) is 48.7 Å². The number of carbonyl (C=O) groups excluding carboxylic acids is 2. The molecule has 2 aromatic heterocycles. The molecule has 0 aliphatic carbocycles. The van der Waals surface area contributed by atoms with E-state index >= 15 is 0 Å². The number of nitrogens with one attached hydrogen (secondary N) is 1. The van der Waals surface area contributed by atoms with E-state index in [0.29, 0.717) is 17.4 Å². The zero-order valence-corrected chi connectivity index (χ0v) is 25.1. The largest absolute Gasteiger partial charge is 0.345 e. The molecule has 1 atom stereocenters. The van der Waals surface area contributed by atoms with Crippen molar-refractivity contribution in [2.45, 2.75) is 31.1 Å². The first-order valence-corrected chi connectivity index (χ1v) is 15.6. The van der Waals surface area contributed by atoms with Crippen LogP contribution in [-0.2, 0) is 11.3 Å². The third-order valence-corrected chi connectivity index (χ3v) is 8.87. The molecular formula is C32H26F2N6O2S2. The van der Waals surface area contributed by atoms with Gasteiger partial charge in [0.25, 0.3) is 11.8 Å². The summed E-state index contributed by atoms with van der Waals surface area (Å²) in [5, 5.41) is 19.9. The smallest absolute Gasteiger partial charge is 0.254 e. The Hall–Kier alpha value is -4.68. The summed E-state index contributed by atoms with van der Waals surface area (Å²) in [5.41, 5.74) is 3.26. The van der Waals surface area contributed by atoms with Crippen molar-refractivity contribution in [3.8, 4) is 5.69 Å². The number of aryl methyl sites for hydroxylation is 1. The molecule has 1 N–H and O–H groups in total. The summed E-state index contributed by atoms with van der Waals surface area (Å²) in [4.78, 5) is 27.3. The number of rotatable bonds is 9. The lowest BCUT2D eigenvalue weighted by Crippen LogP contribution is -2.28. The molecule has 12 heteroatoms. The van der Waals surface area contributed by atoms with E-state index in [1.165, 1.54) is 47.1 Å². The SMILES string of the molecule is Cc1cccc(-n2c(CNC(=O)c3ccccc3F)nnc2SCC(=O)N2N=C(c3cccs3)CC2c2ccc(F)cc2)c1. The highest BCUT2D eigenvalue weighted by molar-refractivity contribution is 7.99. The first-order chi connectivity index (χ1) is 21.4. The van der Waals surface area contributed by atoms with Crippen LogP contribution in [0.4, 0.5) is 8.78 Å². The topological polar surface area (TPSA) is 92.5 Å². The van der Waals surface area contributed by atoms with E-state index in [4.69, 9.17) is 0 Å². The van der Waals surface area contributed by atoms with Crippen LogP contribution in [0.25, 0.3) is 5.69 Å². The summed E-state index contributed by atoms with van der Waals surface area (Å²) < 4.78 is 29.6. The van der Waals surface area contributed by atoms with Gasteiger partial charge in [-0.25, -0.2) is 13.8 Å². The molecule has 3 heterocycles. The Morgan fingerprint density at radius 3 is 2.57 bits per heavy atom. The third-order valence-electron chi connectivity index (χ3n) is 7.04. The maximum absolute atomic E-state index is 14.2. The summed E-state index contributed by atoms with van der Waals surface area (Å²) in [6, 6.07) is 23.1. The molecule has 1 aliphatic rings. The first-order valence-electron chi connectivity index (χ1n) is 13.7. The van der Waals surface area contributed by atoms with E-state index in [0.717, 1.165) is 27.4 Å². The molecule has 0 radical (unpaired) electrons. The first kappa shape index (κ1) is 29.4. The van der Waals surface area contributed by atoms with Gasteiger partial charge in [-0.05, 0) is 65.9 Å². The second kappa shape index (κ2) is 12.9. The van der Waals surface area contributed by atoms with Gasteiger partial charge in [0.05, 0.1) is 34.5 Å². The van der Waals surface area contributed by atoms with Crippen molar-refractivity contribution in [1.29, 1.82) is 0 Å². The Morgan fingerprint density at radius 1 is 1.00 bits per heavy atom. The molecule has 1 aliphatic heterocycles. The number of carbonyl (C=O) groups is 2. The van der Waals surface area contributed by atoms with Crippen molar-refractivity contribution in [3.05, 3.63) is 129 Å². The fraction of sp³-hybridized carbons (Fsp3) is 0.156. The number of halogens is 2. The number of thioether (sulfide) groups is 1. The minimum absolute atomic E-state index is 0.00441. The van der Waals surface area contributed by atoms with E-state index in [1.54, 1.807) is 34.1 Å². The van der Waals surface area contributed by atoms with Crippen LogP contribution in [0.2, 0.25) is 0 Å². The molecule has 0 spiro atoms. The number of hydrogen-bond acceptors (Lipinski definition) is 7. The maximum atomic E-state index is 14.2. The lowest BCUT2D eigenvalue weighted by Gasteiger charge is -2.22. The zero-order valence-electron chi connectivity index (χ0n) is 23.5. The Kier molecular flexibility index (Phi) is 8.62. The van der Waals surface area contributed by atoms with E-state index in [9.17, 15) is 18.4 Å². The number of amides is 2. The van der Waals surface area contributed by atoms with Gasteiger partial charge in [-0.15, -0.1) is 21.5 Å². The Labute approximate surface area is 260 Å². The second-order valence-corrected chi connectivity index (χ2v) is 11.9.